The van der Waals surface area contributed by atoms with Gasteiger partial charge in [-0.15, -0.1) is 0 Å². The van der Waals surface area contributed by atoms with Crippen LogP contribution in [0.3, 0.4) is 0 Å². The van der Waals surface area contributed by atoms with E-state index in [2.05, 4.69) is 0 Å². The Morgan fingerprint density at radius 3 is 1.25 bits per heavy atom. The third kappa shape index (κ3) is 946. The largest absolute Gasteiger partial charge is 0.512 e. The molecule has 0 saturated carbocycles. The molecular formula is CH3CoN2-. The smallest absolute Gasteiger partial charge is 0 e. The maximum absolute atomic E-state index is 6.25. The molecule has 0 unspecified atom stereocenters. The second-order valence-electron chi connectivity index (χ2n) is 0. The van der Waals surface area contributed by atoms with Gasteiger partial charge in [0, 0.05) is 16.8 Å². The molecule has 0 fully saturated rings. The SMILES string of the molecule is N.[C-]#N.[Co]. The van der Waals surface area contributed by atoms with Crippen LogP contribution >= 0.6 is 0 Å². The number of rotatable bonds is 0. The van der Waals surface area contributed by atoms with Crippen molar-refractivity contribution >= 4 is 0 Å². The molecular weight excluding hydrogens is 99.0 g/mol. The fraction of sp³-hybridized carbons (Fsp3) is 0. The minimum Gasteiger partial charge on any atom is -0.512 e. The number of nitrogens with zero attached hydrogens (tertiary/aromatic N) is 1. The maximum Gasteiger partial charge on any atom is 0 e. The Bertz CT molecular complexity index is 10.8. The summed E-state index contributed by atoms with van der Waals surface area (Å²) in [7, 11) is 0. The van der Waals surface area contributed by atoms with Crippen molar-refractivity contribution in [3.8, 4) is 0 Å². The summed E-state index contributed by atoms with van der Waals surface area (Å²) in [5.74, 6) is 0. The third-order valence-electron chi connectivity index (χ3n) is 0. The standard InChI is InChI=1S/CN.Co.H3N/c1-2;;/h;;1H3/q-1;;. The van der Waals surface area contributed by atoms with E-state index >= 15 is 0 Å². The number of hydrogen-bond donors (Lipinski definition) is 1. The first-order valence-electron chi connectivity index (χ1n) is 0.224. The fourth-order valence-corrected chi connectivity index (χ4v) is 0. The van der Waals surface area contributed by atoms with Crippen LogP contribution in [0.2, 0.25) is 0 Å². The van der Waals surface area contributed by atoms with Crippen LogP contribution in [0.1, 0.15) is 0 Å². The van der Waals surface area contributed by atoms with Crippen molar-refractivity contribution in [1.29, 1.82) is 5.26 Å². The summed E-state index contributed by atoms with van der Waals surface area (Å²) in [5.41, 5.74) is 0. The van der Waals surface area contributed by atoms with Crippen LogP contribution in [0.5, 0.6) is 0 Å². The molecule has 0 amide bonds. The molecule has 0 aliphatic heterocycles. The van der Waals surface area contributed by atoms with E-state index in [0.717, 1.165) is 0 Å². The number of hydrogen-bond acceptors (Lipinski definition) is 2. The topological polar surface area (TPSA) is 58.8 Å². The molecule has 1 radical (unpaired) electrons. The molecule has 3 heteroatoms. The van der Waals surface area contributed by atoms with Crippen LogP contribution in [-0.4, -0.2) is 0 Å². The molecule has 2 nitrogen and oxygen atoms in total. The minimum atomic E-state index is 0. The Morgan fingerprint density at radius 1 is 1.25 bits per heavy atom. The molecule has 4 heavy (non-hydrogen) atoms. The molecule has 0 spiro atoms. The third-order valence-corrected chi connectivity index (χ3v) is 0. The zero-order chi connectivity index (χ0) is 2.00. The zero-order valence-electron chi connectivity index (χ0n) is 1.99. The first kappa shape index (κ1) is 37.8. The Balaban J connectivity index is -0.00000000500. The van der Waals surface area contributed by atoms with Crippen LogP contribution in [-0.2, 0) is 16.8 Å². The van der Waals surface area contributed by atoms with Gasteiger partial charge < -0.3 is 18.0 Å². The molecule has 0 aromatic carbocycles. The normalized spacial score (nSPS) is 0.500. The molecule has 0 saturated heterocycles. The Morgan fingerprint density at radius 2 is 1.25 bits per heavy atom. The van der Waals surface area contributed by atoms with Gasteiger partial charge in [-0.05, 0) is 0 Å². The van der Waals surface area contributed by atoms with Crippen LogP contribution in [0, 0.1) is 11.8 Å². The molecule has 0 atom stereocenters. The molecule has 0 bridgehead atoms. The van der Waals surface area contributed by atoms with Gasteiger partial charge in [-0.1, -0.05) is 0 Å². The van der Waals surface area contributed by atoms with Gasteiger partial charge >= 0.3 is 0 Å². The van der Waals surface area contributed by atoms with Gasteiger partial charge in [-0.3, -0.25) is 0 Å². The molecule has 0 aromatic rings. The summed E-state index contributed by atoms with van der Waals surface area (Å²) in [6.45, 7) is 4.75. The van der Waals surface area contributed by atoms with Crippen LogP contribution in [0.25, 0.3) is 0 Å². The first-order chi connectivity index (χ1) is 1.00. The van der Waals surface area contributed by atoms with Crippen LogP contribution in [0.4, 0.5) is 0 Å². The van der Waals surface area contributed by atoms with E-state index in [1.54, 1.807) is 0 Å². The van der Waals surface area contributed by atoms with Crippen molar-refractivity contribution in [3.05, 3.63) is 6.57 Å². The van der Waals surface area contributed by atoms with Gasteiger partial charge in [-0.2, -0.15) is 0 Å². The van der Waals surface area contributed by atoms with Crippen molar-refractivity contribution in [2.24, 2.45) is 0 Å². The quantitative estimate of drug-likeness (QED) is 0.446. The molecule has 0 rings (SSSR count). The molecule has 0 aliphatic carbocycles. The van der Waals surface area contributed by atoms with Crippen molar-refractivity contribution < 1.29 is 16.8 Å². The van der Waals surface area contributed by atoms with E-state index in [4.69, 9.17) is 11.8 Å². The van der Waals surface area contributed by atoms with Crippen LogP contribution in [0.15, 0.2) is 0 Å². The van der Waals surface area contributed by atoms with E-state index in [0.29, 0.717) is 0 Å². The van der Waals surface area contributed by atoms with Crippen molar-refractivity contribution in [2.45, 2.75) is 0 Å². The van der Waals surface area contributed by atoms with E-state index in [9.17, 15) is 0 Å². The van der Waals surface area contributed by atoms with Gasteiger partial charge in [-0.25, -0.2) is 0 Å². The Hall–Kier alpha value is -0.0435. The Labute approximate surface area is 35.6 Å². The summed E-state index contributed by atoms with van der Waals surface area (Å²) in [6.07, 6.45) is 0. The average molecular weight is 102 g/mol. The molecule has 0 aromatic heterocycles. The zero-order valence-corrected chi connectivity index (χ0v) is 3.03. The van der Waals surface area contributed by atoms with Gasteiger partial charge in [0.2, 0.25) is 0 Å². The average Bonchev–Trinajstić information content (AvgIpc) is 1.00. The van der Waals surface area contributed by atoms with Crippen molar-refractivity contribution in [3.63, 3.8) is 0 Å². The van der Waals surface area contributed by atoms with Crippen LogP contribution < -0.4 is 6.15 Å². The molecule has 3 N–H and O–H groups in total. The van der Waals surface area contributed by atoms with E-state index in [-0.39, 0.29) is 22.9 Å². The van der Waals surface area contributed by atoms with E-state index in [1.807, 2.05) is 0 Å². The van der Waals surface area contributed by atoms with Gasteiger partial charge in [0.15, 0.2) is 0 Å². The van der Waals surface area contributed by atoms with E-state index < -0.39 is 0 Å². The molecule has 27 valence electrons. The van der Waals surface area contributed by atoms with Gasteiger partial charge in [0.25, 0.3) is 0 Å². The van der Waals surface area contributed by atoms with E-state index in [1.165, 1.54) is 0 Å². The van der Waals surface area contributed by atoms with Gasteiger partial charge in [0.05, 0.1) is 0 Å². The molecule has 0 aliphatic rings. The molecule has 0 heterocycles. The van der Waals surface area contributed by atoms with Crippen molar-refractivity contribution in [2.75, 3.05) is 0 Å². The predicted octanol–water partition coefficient (Wildman–Crippen LogP) is 0.256. The summed E-state index contributed by atoms with van der Waals surface area (Å²) >= 11 is 0. The summed E-state index contributed by atoms with van der Waals surface area (Å²) < 4.78 is 0. The van der Waals surface area contributed by atoms with Gasteiger partial charge in [0.1, 0.15) is 0 Å². The summed E-state index contributed by atoms with van der Waals surface area (Å²) in [6, 6.07) is 0. The Kier molecular flexibility index (Phi) is 56500. The fourth-order valence-electron chi connectivity index (χ4n) is 0. The maximum atomic E-state index is 6.25. The van der Waals surface area contributed by atoms with Crippen molar-refractivity contribution in [1.82, 2.24) is 6.15 Å². The second-order valence-corrected chi connectivity index (χ2v) is 0. The minimum absolute atomic E-state index is 0. The predicted molar refractivity (Wildman–Crippen MR) is 9.99 cm³/mol. The monoisotopic (exact) mass is 102 g/mol. The summed E-state index contributed by atoms with van der Waals surface area (Å²) in [4.78, 5) is 0. The second kappa shape index (κ2) is 5980. The first-order valence-corrected chi connectivity index (χ1v) is 0.224. The summed E-state index contributed by atoms with van der Waals surface area (Å²) in [5, 5.41) is 6.25.